The third-order valence-electron chi connectivity index (χ3n) is 5.04. The number of Topliss-reactive ketones (excluding diaryl/α,β-unsaturated/α-hetero) is 1. The molecule has 2 unspecified atom stereocenters. The van der Waals surface area contributed by atoms with Crippen LogP contribution in [0.5, 0.6) is 0 Å². The van der Waals surface area contributed by atoms with Crippen molar-refractivity contribution in [1.82, 2.24) is 10.2 Å². The standard InChI is InChI=1S/C18H28F5N3O3/c1-9(2)12(24)16(29)25-15(28)11-7-5-6-8-26(11)13(10(3)4)14(27)17(19,20)18(21,22)23/h9-13H,5-8,24H2,1-4H3,(H,25,28,29)/t11?,12-,13?/m0/s1. The van der Waals surface area contributed by atoms with Gasteiger partial charge in [-0.2, -0.15) is 22.0 Å². The van der Waals surface area contributed by atoms with E-state index < -0.39 is 53.7 Å². The molecule has 29 heavy (non-hydrogen) atoms. The van der Waals surface area contributed by atoms with Crippen molar-refractivity contribution >= 4 is 17.6 Å². The summed E-state index contributed by atoms with van der Waals surface area (Å²) in [6.07, 6.45) is -5.01. The summed E-state index contributed by atoms with van der Waals surface area (Å²) in [4.78, 5) is 37.9. The van der Waals surface area contributed by atoms with Crippen LogP contribution in [0.15, 0.2) is 0 Å². The first-order valence-electron chi connectivity index (χ1n) is 9.47. The van der Waals surface area contributed by atoms with Gasteiger partial charge in [-0.1, -0.05) is 34.1 Å². The largest absolute Gasteiger partial charge is 0.461 e. The molecule has 168 valence electrons. The van der Waals surface area contributed by atoms with Gasteiger partial charge in [0.15, 0.2) is 0 Å². The van der Waals surface area contributed by atoms with E-state index in [0.29, 0.717) is 12.8 Å². The summed E-state index contributed by atoms with van der Waals surface area (Å²) in [6.45, 7) is 5.96. The Kier molecular flexibility index (Phi) is 8.29. The van der Waals surface area contributed by atoms with E-state index in [1.165, 1.54) is 13.8 Å². The molecule has 1 fully saturated rings. The Morgan fingerprint density at radius 3 is 2.00 bits per heavy atom. The van der Waals surface area contributed by atoms with Crippen LogP contribution in [0.3, 0.4) is 0 Å². The lowest BCUT2D eigenvalue weighted by Crippen LogP contribution is -2.62. The average molecular weight is 429 g/mol. The van der Waals surface area contributed by atoms with Gasteiger partial charge >= 0.3 is 12.1 Å². The molecule has 0 spiro atoms. The van der Waals surface area contributed by atoms with Crippen molar-refractivity contribution in [3.05, 3.63) is 0 Å². The summed E-state index contributed by atoms with van der Waals surface area (Å²) < 4.78 is 65.7. The number of carbonyl (C=O) groups is 3. The molecule has 0 saturated carbocycles. The van der Waals surface area contributed by atoms with Gasteiger partial charge in [0, 0.05) is 0 Å². The summed E-state index contributed by atoms with van der Waals surface area (Å²) in [5, 5.41) is 2.10. The predicted octanol–water partition coefficient (Wildman–Crippen LogP) is 2.26. The number of halogens is 5. The molecule has 6 nitrogen and oxygen atoms in total. The maximum Gasteiger partial charge on any atom is 0.461 e. The van der Waals surface area contributed by atoms with Crippen LogP contribution in [0.25, 0.3) is 0 Å². The second-order valence-corrected chi connectivity index (χ2v) is 8.00. The summed E-state index contributed by atoms with van der Waals surface area (Å²) >= 11 is 0. The fourth-order valence-electron chi connectivity index (χ4n) is 3.32. The van der Waals surface area contributed by atoms with Crippen molar-refractivity contribution in [1.29, 1.82) is 0 Å². The third-order valence-corrected chi connectivity index (χ3v) is 5.04. The second kappa shape index (κ2) is 9.46. The van der Waals surface area contributed by atoms with Crippen LogP contribution in [0.4, 0.5) is 22.0 Å². The highest BCUT2D eigenvalue weighted by atomic mass is 19.4. The van der Waals surface area contributed by atoms with Gasteiger partial charge in [0.2, 0.25) is 17.6 Å². The molecule has 1 heterocycles. The molecule has 1 aliphatic rings. The molecule has 2 amide bonds. The summed E-state index contributed by atoms with van der Waals surface area (Å²) in [5.74, 6) is -10.7. The minimum absolute atomic E-state index is 0.0228. The van der Waals surface area contributed by atoms with E-state index >= 15 is 0 Å². The molecule has 1 saturated heterocycles. The molecule has 0 aromatic carbocycles. The van der Waals surface area contributed by atoms with Crippen molar-refractivity contribution in [2.45, 2.75) is 77.2 Å². The molecule has 0 aliphatic carbocycles. The Hall–Kier alpha value is -1.62. The minimum Gasteiger partial charge on any atom is -0.320 e. The van der Waals surface area contributed by atoms with Crippen molar-refractivity contribution in [3.8, 4) is 0 Å². The van der Waals surface area contributed by atoms with Gasteiger partial charge in [-0.3, -0.25) is 24.6 Å². The van der Waals surface area contributed by atoms with Crippen LogP contribution in [-0.4, -0.2) is 59.3 Å². The summed E-state index contributed by atoms with van der Waals surface area (Å²) in [7, 11) is 0. The van der Waals surface area contributed by atoms with Crippen LogP contribution in [0.2, 0.25) is 0 Å². The van der Waals surface area contributed by atoms with Crippen molar-refractivity contribution in [2.24, 2.45) is 17.6 Å². The van der Waals surface area contributed by atoms with E-state index in [2.05, 4.69) is 5.32 Å². The molecule has 1 aliphatic heterocycles. The van der Waals surface area contributed by atoms with E-state index in [4.69, 9.17) is 5.73 Å². The van der Waals surface area contributed by atoms with Gasteiger partial charge < -0.3 is 5.73 Å². The Bertz CT molecular complexity index is 622. The van der Waals surface area contributed by atoms with Gasteiger partial charge in [-0.05, 0) is 31.2 Å². The van der Waals surface area contributed by atoms with E-state index in [1.807, 2.05) is 0 Å². The van der Waals surface area contributed by atoms with Gasteiger partial charge in [-0.15, -0.1) is 0 Å². The van der Waals surface area contributed by atoms with Gasteiger partial charge in [0.05, 0.1) is 18.1 Å². The highest BCUT2D eigenvalue weighted by molar-refractivity contribution is 6.00. The number of alkyl halides is 5. The summed E-state index contributed by atoms with van der Waals surface area (Å²) in [6, 6.07) is -4.02. The first kappa shape index (κ1) is 25.4. The molecule has 0 bridgehead atoms. The highest BCUT2D eigenvalue weighted by Crippen LogP contribution is 2.39. The Morgan fingerprint density at radius 1 is 1.00 bits per heavy atom. The lowest BCUT2D eigenvalue weighted by atomic mass is 9.89. The lowest BCUT2D eigenvalue weighted by Gasteiger charge is -2.42. The molecular weight excluding hydrogens is 401 g/mol. The molecular formula is C18H28F5N3O3. The molecule has 11 heteroatoms. The second-order valence-electron chi connectivity index (χ2n) is 8.00. The topological polar surface area (TPSA) is 92.5 Å². The highest BCUT2D eigenvalue weighted by Gasteiger charge is 2.65. The quantitative estimate of drug-likeness (QED) is 0.606. The maximum atomic E-state index is 13.8. The van der Waals surface area contributed by atoms with Crippen LogP contribution in [-0.2, 0) is 14.4 Å². The van der Waals surface area contributed by atoms with Crippen LogP contribution in [0, 0.1) is 11.8 Å². The third kappa shape index (κ3) is 5.71. The number of rotatable bonds is 7. The van der Waals surface area contributed by atoms with Gasteiger partial charge in [0.25, 0.3) is 0 Å². The van der Waals surface area contributed by atoms with Crippen LogP contribution in [0.1, 0.15) is 47.0 Å². The van der Waals surface area contributed by atoms with Crippen molar-refractivity contribution in [3.63, 3.8) is 0 Å². The number of nitrogens with one attached hydrogen (secondary N) is 1. The monoisotopic (exact) mass is 429 g/mol. The number of nitrogens with zero attached hydrogens (tertiary/aromatic N) is 1. The summed E-state index contributed by atoms with van der Waals surface area (Å²) in [5.41, 5.74) is 5.68. The molecule has 3 N–H and O–H groups in total. The molecule has 1 rings (SSSR count). The minimum atomic E-state index is -6.04. The van der Waals surface area contributed by atoms with Crippen molar-refractivity contribution in [2.75, 3.05) is 6.54 Å². The zero-order valence-corrected chi connectivity index (χ0v) is 16.9. The average Bonchev–Trinajstić information content (AvgIpc) is 2.59. The number of ketones is 1. The zero-order valence-electron chi connectivity index (χ0n) is 16.9. The SMILES string of the molecule is CC(C)C(C(=O)C(F)(F)C(F)(F)F)N1CCCCC1C(=O)NC(=O)[C@@H](N)C(C)C. The van der Waals surface area contributed by atoms with Gasteiger partial charge in [0.1, 0.15) is 0 Å². The number of hydrogen-bond donors (Lipinski definition) is 2. The maximum absolute atomic E-state index is 13.8. The fourth-order valence-corrected chi connectivity index (χ4v) is 3.32. The number of piperidine rings is 1. The number of amides is 2. The molecule has 0 radical (unpaired) electrons. The van der Waals surface area contributed by atoms with E-state index in [-0.39, 0.29) is 18.9 Å². The molecule has 3 atom stereocenters. The predicted molar refractivity (Wildman–Crippen MR) is 94.9 cm³/mol. The zero-order chi connectivity index (χ0) is 22.7. The number of imide groups is 1. The number of likely N-dealkylation sites (tertiary alicyclic amines) is 1. The van der Waals surface area contributed by atoms with E-state index in [9.17, 15) is 36.3 Å². The molecule has 0 aromatic heterocycles. The fraction of sp³-hybridized carbons (Fsp3) is 0.833. The van der Waals surface area contributed by atoms with Crippen molar-refractivity contribution < 1.29 is 36.3 Å². The first-order chi connectivity index (χ1) is 13.1. The molecule has 0 aromatic rings. The first-order valence-corrected chi connectivity index (χ1v) is 9.47. The van der Waals surface area contributed by atoms with Crippen LogP contribution < -0.4 is 11.1 Å². The number of carbonyl (C=O) groups excluding carboxylic acids is 3. The van der Waals surface area contributed by atoms with Gasteiger partial charge in [-0.25, -0.2) is 0 Å². The smallest absolute Gasteiger partial charge is 0.320 e. The lowest BCUT2D eigenvalue weighted by molar-refractivity contribution is -0.271. The normalized spacial score (nSPS) is 21.2. The van der Waals surface area contributed by atoms with Crippen LogP contribution >= 0.6 is 0 Å². The Labute approximate surface area is 166 Å². The van der Waals surface area contributed by atoms with E-state index in [1.54, 1.807) is 13.8 Å². The number of nitrogens with two attached hydrogens (primary N) is 1. The Balaban J connectivity index is 3.16. The van der Waals surface area contributed by atoms with E-state index in [0.717, 1.165) is 4.90 Å². The number of hydrogen-bond acceptors (Lipinski definition) is 5. The Morgan fingerprint density at radius 2 is 1.55 bits per heavy atom.